The summed E-state index contributed by atoms with van der Waals surface area (Å²) in [7, 11) is 0. The predicted molar refractivity (Wildman–Crippen MR) is 101 cm³/mol. The van der Waals surface area contributed by atoms with E-state index in [0.29, 0.717) is 5.69 Å². The van der Waals surface area contributed by atoms with Crippen molar-refractivity contribution in [3.63, 3.8) is 0 Å². The van der Waals surface area contributed by atoms with Crippen LogP contribution in [0.1, 0.15) is 18.4 Å². The van der Waals surface area contributed by atoms with Crippen molar-refractivity contribution in [1.82, 2.24) is 25.1 Å². The zero-order chi connectivity index (χ0) is 17.8. The number of rotatable bonds is 5. The molecular weight excluding hydrogens is 348 g/mol. The highest BCUT2D eigenvalue weighted by atomic mass is 32.1. The number of aromatic nitrogens is 4. The van der Waals surface area contributed by atoms with Gasteiger partial charge in [-0.15, -0.1) is 11.3 Å². The molecule has 1 aliphatic heterocycles. The maximum atomic E-state index is 12.8. The third kappa shape index (κ3) is 3.81. The lowest BCUT2D eigenvalue weighted by Gasteiger charge is -2.31. The summed E-state index contributed by atoms with van der Waals surface area (Å²) >= 11 is 1.51. The number of hydrogen-bond acceptors (Lipinski definition) is 6. The molecular formula is C18H20N6OS. The van der Waals surface area contributed by atoms with Crippen LogP contribution >= 0.6 is 11.3 Å². The van der Waals surface area contributed by atoms with Crippen LogP contribution in [0, 0.1) is 5.92 Å². The lowest BCUT2D eigenvalue weighted by atomic mass is 9.96. The van der Waals surface area contributed by atoms with E-state index in [1.807, 2.05) is 17.6 Å². The summed E-state index contributed by atoms with van der Waals surface area (Å²) in [6.07, 6.45) is 8.97. The number of H-pyrrole nitrogens is 1. The third-order valence-corrected chi connectivity index (χ3v) is 5.34. The molecule has 1 saturated heterocycles. The first-order valence-electron chi connectivity index (χ1n) is 8.65. The predicted octanol–water partition coefficient (Wildman–Crippen LogP) is 2.78. The molecule has 8 heteroatoms. The number of carbonyl (C=O) groups excluding carboxylic acids is 1. The molecule has 0 aromatic carbocycles. The van der Waals surface area contributed by atoms with Crippen LogP contribution in [-0.4, -0.2) is 44.1 Å². The summed E-state index contributed by atoms with van der Waals surface area (Å²) in [5.74, 6) is 0.0135. The molecule has 2 N–H and O–H groups in total. The highest BCUT2D eigenvalue weighted by Gasteiger charge is 2.27. The molecule has 1 amide bonds. The summed E-state index contributed by atoms with van der Waals surface area (Å²) in [6.45, 7) is 2.59. The summed E-state index contributed by atoms with van der Waals surface area (Å²) in [5, 5.41) is 12.7. The fourth-order valence-corrected chi connectivity index (χ4v) is 3.93. The van der Waals surface area contributed by atoms with E-state index in [9.17, 15) is 4.79 Å². The van der Waals surface area contributed by atoms with Gasteiger partial charge >= 0.3 is 0 Å². The van der Waals surface area contributed by atoms with Crippen LogP contribution in [0.3, 0.4) is 0 Å². The maximum absolute atomic E-state index is 12.8. The lowest BCUT2D eigenvalue weighted by molar-refractivity contribution is -0.121. The summed E-state index contributed by atoms with van der Waals surface area (Å²) in [5.41, 5.74) is 2.63. The Labute approximate surface area is 155 Å². The molecule has 0 aliphatic carbocycles. The minimum absolute atomic E-state index is 0.0283. The molecule has 0 bridgehead atoms. The van der Waals surface area contributed by atoms with Gasteiger partial charge in [-0.2, -0.15) is 5.10 Å². The first kappa shape index (κ1) is 16.9. The fourth-order valence-electron chi connectivity index (χ4n) is 3.29. The Morgan fingerprint density at radius 3 is 3.15 bits per heavy atom. The van der Waals surface area contributed by atoms with Gasteiger partial charge in [-0.05, 0) is 31.0 Å². The maximum Gasteiger partial charge on any atom is 0.228 e. The number of thiazole rings is 1. The van der Waals surface area contributed by atoms with Gasteiger partial charge in [0.05, 0.1) is 17.8 Å². The third-order valence-electron chi connectivity index (χ3n) is 4.55. The van der Waals surface area contributed by atoms with Gasteiger partial charge in [0.25, 0.3) is 0 Å². The monoisotopic (exact) mass is 368 g/mol. The van der Waals surface area contributed by atoms with Gasteiger partial charge in [0.1, 0.15) is 10.7 Å². The molecule has 3 aromatic heterocycles. The number of nitrogens with zero attached hydrogens (tertiary/aromatic N) is 4. The van der Waals surface area contributed by atoms with Crippen LogP contribution in [0.5, 0.6) is 0 Å². The van der Waals surface area contributed by atoms with Crippen molar-refractivity contribution < 1.29 is 4.79 Å². The number of anilines is 1. The summed E-state index contributed by atoms with van der Waals surface area (Å²) < 4.78 is 0. The molecule has 1 aliphatic rings. The molecule has 1 unspecified atom stereocenters. The van der Waals surface area contributed by atoms with E-state index in [1.165, 1.54) is 16.9 Å². The van der Waals surface area contributed by atoms with Gasteiger partial charge in [0.2, 0.25) is 5.91 Å². The average Bonchev–Trinajstić information content (AvgIpc) is 3.34. The molecule has 26 heavy (non-hydrogen) atoms. The van der Waals surface area contributed by atoms with Crippen LogP contribution in [-0.2, 0) is 11.3 Å². The van der Waals surface area contributed by atoms with Gasteiger partial charge in [-0.1, -0.05) is 6.07 Å². The Morgan fingerprint density at radius 2 is 2.35 bits per heavy atom. The number of carbonyl (C=O) groups is 1. The zero-order valence-corrected chi connectivity index (χ0v) is 15.1. The van der Waals surface area contributed by atoms with Crippen molar-refractivity contribution in [3.8, 4) is 10.7 Å². The molecule has 134 valence electrons. The first-order chi connectivity index (χ1) is 12.8. The van der Waals surface area contributed by atoms with Crippen LogP contribution < -0.4 is 5.32 Å². The Morgan fingerprint density at radius 1 is 1.38 bits per heavy atom. The average molecular weight is 368 g/mol. The van der Waals surface area contributed by atoms with Crippen LogP contribution in [0.2, 0.25) is 0 Å². The summed E-state index contributed by atoms with van der Waals surface area (Å²) in [6, 6.07) is 4.02. The van der Waals surface area contributed by atoms with Crippen molar-refractivity contribution in [2.45, 2.75) is 19.4 Å². The Kier molecular flexibility index (Phi) is 5.03. The molecule has 0 radical (unpaired) electrons. The van der Waals surface area contributed by atoms with E-state index >= 15 is 0 Å². The molecule has 4 rings (SSSR count). The number of amides is 1. The largest absolute Gasteiger partial charge is 0.323 e. The first-order valence-corrected chi connectivity index (χ1v) is 9.53. The van der Waals surface area contributed by atoms with E-state index < -0.39 is 0 Å². The van der Waals surface area contributed by atoms with Crippen molar-refractivity contribution >= 4 is 22.9 Å². The number of pyridine rings is 1. The SMILES string of the molecule is O=C(Nc1cn[nH]c1-c1nccs1)C1CCCN(Cc2cccnc2)C1. The molecule has 1 atom stereocenters. The second kappa shape index (κ2) is 7.76. The zero-order valence-electron chi connectivity index (χ0n) is 14.3. The minimum Gasteiger partial charge on any atom is -0.323 e. The van der Waals surface area contributed by atoms with Crippen LogP contribution in [0.15, 0.2) is 42.3 Å². The number of aromatic amines is 1. The van der Waals surface area contributed by atoms with E-state index in [2.05, 4.69) is 36.4 Å². The second-order valence-corrected chi connectivity index (χ2v) is 7.32. The number of hydrogen-bond donors (Lipinski definition) is 2. The second-order valence-electron chi connectivity index (χ2n) is 6.42. The van der Waals surface area contributed by atoms with Gasteiger partial charge in [0, 0.05) is 37.1 Å². The van der Waals surface area contributed by atoms with Gasteiger partial charge < -0.3 is 5.32 Å². The molecule has 7 nitrogen and oxygen atoms in total. The summed E-state index contributed by atoms with van der Waals surface area (Å²) in [4.78, 5) is 23.5. The van der Waals surface area contributed by atoms with Crippen molar-refractivity contribution in [2.75, 3.05) is 18.4 Å². The number of likely N-dealkylation sites (tertiary alicyclic amines) is 1. The van der Waals surface area contributed by atoms with E-state index in [1.54, 1.807) is 18.6 Å². The van der Waals surface area contributed by atoms with Crippen molar-refractivity contribution in [1.29, 1.82) is 0 Å². The van der Waals surface area contributed by atoms with Crippen molar-refractivity contribution in [2.24, 2.45) is 5.92 Å². The molecule has 3 aromatic rings. The standard InChI is InChI=1S/C18H20N6OS/c25-17(22-15-10-21-23-16(15)18-20-6-8-26-18)14-4-2-7-24(12-14)11-13-3-1-5-19-9-13/h1,3,5-6,8-10,14H,2,4,7,11-12H2,(H,21,23)(H,22,25). The van der Waals surface area contributed by atoms with E-state index in [4.69, 9.17) is 0 Å². The van der Waals surface area contributed by atoms with Crippen LogP contribution in [0.25, 0.3) is 10.7 Å². The Hall–Kier alpha value is -2.58. The number of nitrogens with one attached hydrogen (secondary N) is 2. The Bertz CT molecular complexity index is 848. The molecule has 4 heterocycles. The minimum atomic E-state index is -0.0283. The molecule has 0 spiro atoms. The van der Waals surface area contributed by atoms with Gasteiger partial charge in [-0.25, -0.2) is 4.98 Å². The number of piperidine rings is 1. The quantitative estimate of drug-likeness (QED) is 0.723. The topological polar surface area (TPSA) is 86.8 Å². The van der Waals surface area contributed by atoms with Gasteiger partial charge in [-0.3, -0.25) is 19.8 Å². The lowest BCUT2D eigenvalue weighted by Crippen LogP contribution is -2.40. The highest BCUT2D eigenvalue weighted by molar-refractivity contribution is 7.13. The highest BCUT2D eigenvalue weighted by Crippen LogP contribution is 2.28. The van der Waals surface area contributed by atoms with Gasteiger partial charge in [0.15, 0.2) is 0 Å². The van der Waals surface area contributed by atoms with Crippen molar-refractivity contribution in [3.05, 3.63) is 47.9 Å². The molecule has 0 saturated carbocycles. The Balaban J connectivity index is 1.40. The molecule has 1 fully saturated rings. The van der Waals surface area contributed by atoms with E-state index in [-0.39, 0.29) is 11.8 Å². The fraction of sp³-hybridized carbons (Fsp3) is 0.333. The van der Waals surface area contributed by atoms with E-state index in [0.717, 1.165) is 43.2 Å². The smallest absolute Gasteiger partial charge is 0.228 e. The normalized spacial score (nSPS) is 17.9. The van der Waals surface area contributed by atoms with Crippen LogP contribution in [0.4, 0.5) is 5.69 Å².